The maximum atomic E-state index is 11.0. The molecule has 1 saturated heterocycles. The number of hydrogen-bond acceptors (Lipinski definition) is 2. The summed E-state index contributed by atoms with van der Waals surface area (Å²) in [6.07, 6.45) is 10.2. The molecule has 3 nitrogen and oxygen atoms in total. The predicted octanol–water partition coefficient (Wildman–Crippen LogP) is 2.94. The van der Waals surface area contributed by atoms with Gasteiger partial charge in [-0.3, -0.25) is 4.79 Å². The molecule has 3 heteroatoms. The monoisotopic (exact) mass is 239 g/mol. The van der Waals surface area contributed by atoms with E-state index >= 15 is 0 Å². The fourth-order valence-corrected chi connectivity index (χ4v) is 3.81. The molecule has 98 valence electrons. The summed E-state index contributed by atoms with van der Waals surface area (Å²) in [6, 6.07) is 0.742. The van der Waals surface area contributed by atoms with Crippen LogP contribution in [-0.4, -0.2) is 23.2 Å². The fraction of sp³-hybridized carbons (Fsp3) is 0.929. The van der Waals surface area contributed by atoms with Gasteiger partial charge < -0.3 is 10.4 Å². The number of rotatable bonds is 3. The second-order valence-corrected chi connectivity index (χ2v) is 5.88. The van der Waals surface area contributed by atoms with Crippen molar-refractivity contribution in [1.82, 2.24) is 5.32 Å². The van der Waals surface area contributed by atoms with E-state index in [4.69, 9.17) is 5.11 Å². The molecule has 2 atom stereocenters. The molecule has 0 aromatic rings. The van der Waals surface area contributed by atoms with Gasteiger partial charge in [0.15, 0.2) is 0 Å². The maximum absolute atomic E-state index is 11.0. The first-order valence-electron chi connectivity index (χ1n) is 7.14. The highest BCUT2D eigenvalue weighted by Gasteiger charge is 2.43. The van der Waals surface area contributed by atoms with Gasteiger partial charge in [-0.25, -0.2) is 0 Å². The SMILES string of the molecule is CC[C@@H]1CCC2(CCCCC2)[C@@H](CC(=O)O)N1. The number of carbonyl (C=O) groups is 1. The first-order chi connectivity index (χ1) is 8.16. The quantitative estimate of drug-likeness (QED) is 0.796. The van der Waals surface area contributed by atoms with Crippen LogP contribution in [0.15, 0.2) is 0 Å². The summed E-state index contributed by atoms with van der Waals surface area (Å²) < 4.78 is 0. The molecule has 17 heavy (non-hydrogen) atoms. The van der Waals surface area contributed by atoms with E-state index in [1.165, 1.54) is 44.9 Å². The van der Waals surface area contributed by atoms with E-state index in [1.807, 2.05) is 0 Å². The number of carboxylic acids is 1. The summed E-state index contributed by atoms with van der Waals surface area (Å²) >= 11 is 0. The Morgan fingerprint density at radius 2 is 2.00 bits per heavy atom. The Balaban J connectivity index is 2.08. The van der Waals surface area contributed by atoms with Crippen LogP contribution in [0.25, 0.3) is 0 Å². The minimum Gasteiger partial charge on any atom is -0.481 e. The highest BCUT2D eigenvalue weighted by atomic mass is 16.4. The van der Waals surface area contributed by atoms with Crippen LogP contribution in [0.1, 0.15) is 64.7 Å². The van der Waals surface area contributed by atoms with E-state index in [9.17, 15) is 4.79 Å². The average molecular weight is 239 g/mol. The van der Waals surface area contributed by atoms with Gasteiger partial charge in [-0.15, -0.1) is 0 Å². The molecule has 1 saturated carbocycles. The van der Waals surface area contributed by atoms with Crippen LogP contribution >= 0.6 is 0 Å². The minimum atomic E-state index is -0.649. The summed E-state index contributed by atoms with van der Waals surface area (Å²) in [6.45, 7) is 2.19. The third-order valence-corrected chi connectivity index (χ3v) is 4.89. The Hall–Kier alpha value is -0.570. The Kier molecular flexibility index (Phi) is 4.08. The molecule has 0 aromatic carbocycles. The lowest BCUT2D eigenvalue weighted by Crippen LogP contribution is -2.55. The zero-order valence-electron chi connectivity index (χ0n) is 10.9. The van der Waals surface area contributed by atoms with Crippen molar-refractivity contribution < 1.29 is 9.90 Å². The van der Waals surface area contributed by atoms with Gasteiger partial charge in [-0.1, -0.05) is 26.2 Å². The Morgan fingerprint density at radius 3 is 2.59 bits per heavy atom. The molecule has 1 heterocycles. The Morgan fingerprint density at radius 1 is 1.29 bits per heavy atom. The fourth-order valence-electron chi connectivity index (χ4n) is 3.81. The van der Waals surface area contributed by atoms with Crippen molar-refractivity contribution in [3.8, 4) is 0 Å². The summed E-state index contributed by atoms with van der Waals surface area (Å²) in [7, 11) is 0. The van der Waals surface area contributed by atoms with Gasteiger partial charge in [-0.05, 0) is 37.5 Å². The number of nitrogens with one attached hydrogen (secondary N) is 1. The standard InChI is InChI=1S/C14H25NO2/c1-2-11-6-9-14(7-4-3-5-8-14)12(15-11)10-13(16)17/h11-12,15H,2-10H2,1H3,(H,16,17)/t11-,12-/m1/s1. The summed E-state index contributed by atoms with van der Waals surface area (Å²) in [5, 5.41) is 12.7. The van der Waals surface area contributed by atoms with Crippen molar-refractivity contribution in [2.24, 2.45) is 5.41 Å². The van der Waals surface area contributed by atoms with Crippen LogP contribution in [0.3, 0.4) is 0 Å². The van der Waals surface area contributed by atoms with Gasteiger partial charge in [-0.2, -0.15) is 0 Å². The molecule has 1 aliphatic carbocycles. The van der Waals surface area contributed by atoms with Crippen molar-refractivity contribution in [3.63, 3.8) is 0 Å². The summed E-state index contributed by atoms with van der Waals surface area (Å²) in [5.41, 5.74) is 0.294. The molecular formula is C14H25NO2. The number of aliphatic carboxylic acids is 1. The normalized spacial score (nSPS) is 32.5. The van der Waals surface area contributed by atoms with Gasteiger partial charge in [0.1, 0.15) is 0 Å². The van der Waals surface area contributed by atoms with Crippen LogP contribution in [0, 0.1) is 5.41 Å². The highest BCUT2D eigenvalue weighted by molar-refractivity contribution is 5.67. The number of piperidine rings is 1. The first-order valence-corrected chi connectivity index (χ1v) is 7.14. The average Bonchev–Trinajstić information content (AvgIpc) is 2.33. The molecule has 0 unspecified atom stereocenters. The van der Waals surface area contributed by atoms with Crippen molar-refractivity contribution in [1.29, 1.82) is 0 Å². The van der Waals surface area contributed by atoms with Gasteiger partial charge in [0.2, 0.25) is 0 Å². The number of hydrogen-bond donors (Lipinski definition) is 2. The minimum absolute atomic E-state index is 0.207. The topological polar surface area (TPSA) is 49.3 Å². The molecule has 1 spiro atoms. The molecule has 0 amide bonds. The van der Waals surface area contributed by atoms with E-state index in [-0.39, 0.29) is 6.04 Å². The lowest BCUT2D eigenvalue weighted by atomic mass is 9.63. The van der Waals surface area contributed by atoms with E-state index in [2.05, 4.69) is 12.2 Å². The first kappa shape index (κ1) is 12.9. The van der Waals surface area contributed by atoms with Crippen LogP contribution in [-0.2, 0) is 4.79 Å². The second-order valence-electron chi connectivity index (χ2n) is 5.88. The van der Waals surface area contributed by atoms with Gasteiger partial charge in [0, 0.05) is 12.1 Å². The third kappa shape index (κ3) is 2.82. The summed E-state index contributed by atoms with van der Waals surface area (Å²) in [4.78, 5) is 11.0. The zero-order valence-corrected chi connectivity index (χ0v) is 10.9. The van der Waals surface area contributed by atoms with Crippen molar-refractivity contribution in [2.45, 2.75) is 76.8 Å². The molecule has 1 aliphatic heterocycles. The molecule has 2 N–H and O–H groups in total. The van der Waals surface area contributed by atoms with Crippen molar-refractivity contribution >= 4 is 5.97 Å². The molecule has 0 aromatic heterocycles. The molecule has 2 aliphatic rings. The van der Waals surface area contributed by atoms with E-state index < -0.39 is 5.97 Å². The van der Waals surface area contributed by atoms with Gasteiger partial charge >= 0.3 is 5.97 Å². The maximum Gasteiger partial charge on any atom is 0.304 e. The second kappa shape index (κ2) is 5.38. The van der Waals surface area contributed by atoms with Crippen LogP contribution in [0.4, 0.5) is 0 Å². The molecule has 2 fully saturated rings. The summed E-state index contributed by atoms with van der Waals surface area (Å²) in [5.74, 6) is -0.649. The van der Waals surface area contributed by atoms with Crippen molar-refractivity contribution in [2.75, 3.05) is 0 Å². The van der Waals surface area contributed by atoms with Crippen LogP contribution < -0.4 is 5.32 Å². The van der Waals surface area contributed by atoms with Gasteiger partial charge in [0.05, 0.1) is 6.42 Å². The molecule has 0 radical (unpaired) electrons. The smallest absolute Gasteiger partial charge is 0.304 e. The Bertz CT molecular complexity index is 271. The van der Waals surface area contributed by atoms with Crippen LogP contribution in [0.2, 0.25) is 0 Å². The predicted molar refractivity (Wildman–Crippen MR) is 68.0 cm³/mol. The van der Waals surface area contributed by atoms with Crippen molar-refractivity contribution in [3.05, 3.63) is 0 Å². The number of carboxylic acid groups (broad SMARTS) is 1. The molecular weight excluding hydrogens is 214 g/mol. The van der Waals surface area contributed by atoms with E-state index in [0.29, 0.717) is 17.9 Å². The van der Waals surface area contributed by atoms with E-state index in [1.54, 1.807) is 0 Å². The highest BCUT2D eigenvalue weighted by Crippen LogP contribution is 2.46. The van der Waals surface area contributed by atoms with E-state index in [0.717, 1.165) is 6.42 Å². The molecule has 2 rings (SSSR count). The Labute approximate surface area is 104 Å². The van der Waals surface area contributed by atoms with Gasteiger partial charge in [0.25, 0.3) is 0 Å². The zero-order chi connectivity index (χ0) is 12.3. The lowest BCUT2D eigenvalue weighted by molar-refractivity contribution is -0.139. The largest absolute Gasteiger partial charge is 0.481 e. The van der Waals surface area contributed by atoms with Crippen LogP contribution in [0.5, 0.6) is 0 Å². The lowest BCUT2D eigenvalue weighted by Gasteiger charge is -2.49. The third-order valence-electron chi connectivity index (χ3n) is 4.89. The molecule has 0 bridgehead atoms.